The number of hydrogen-bond donors (Lipinski definition) is 3. The molecule has 0 saturated heterocycles. The van der Waals surface area contributed by atoms with Gasteiger partial charge in [0.2, 0.25) is 0 Å². The summed E-state index contributed by atoms with van der Waals surface area (Å²) in [7, 11) is -2.29. The molecular weight excluding hydrogens is 466 g/mol. The van der Waals surface area contributed by atoms with Crippen LogP contribution >= 0.6 is 11.8 Å². The van der Waals surface area contributed by atoms with E-state index in [9.17, 15) is 18.3 Å². The molecule has 1 aromatic heterocycles. The SMILES string of the molecule is CC(CC(O)(CS(=O)(=O)c1ccc(Oc2ccccc2)cc1)C(=O)NO)Sc1nccn1C. The molecule has 0 bridgehead atoms. The number of aryl methyl sites for hydroxylation is 1. The number of imidazole rings is 1. The van der Waals surface area contributed by atoms with Gasteiger partial charge in [-0.05, 0) is 42.8 Å². The van der Waals surface area contributed by atoms with Crippen molar-refractivity contribution in [2.24, 2.45) is 7.05 Å². The van der Waals surface area contributed by atoms with Crippen molar-refractivity contribution in [3.05, 3.63) is 67.0 Å². The number of amides is 1. The molecule has 1 amide bonds. The monoisotopic (exact) mass is 491 g/mol. The molecule has 0 fully saturated rings. The van der Waals surface area contributed by atoms with Crippen molar-refractivity contribution < 1.29 is 28.3 Å². The number of sulfone groups is 1. The molecule has 0 aliphatic rings. The van der Waals surface area contributed by atoms with Gasteiger partial charge in [-0.25, -0.2) is 18.9 Å². The minimum Gasteiger partial charge on any atom is -0.457 e. The molecule has 3 aromatic rings. The highest BCUT2D eigenvalue weighted by atomic mass is 32.2. The zero-order valence-corrected chi connectivity index (χ0v) is 19.7. The second kappa shape index (κ2) is 10.4. The lowest BCUT2D eigenvalue weighted by Gasteiger charge is -2.28. The van der Waals surface area contributed by atoms with Gasteiger partial charge in [0.05, 0.1) is 10.6 Å². The van der Waals surface area contributed by atoms with E-state index >= 15 is 0 Å². The second-order valence-electron chi connectivity index (χ2n) is 7.57. The molecular formula is C22H25N3O6S2. The number of aliphatic hydroxyl groups is 1. The Bertz CT molecular complexity index is 1180. The fourth-order valence-electron chi connectivity index (χ4n) is 3.22. The Kier molecular flexibility index (Phi) is 7.80. The van der Waals surface area contributed by atoms with Crippen LogP contribution in [-0.2, 0) is 21.7 Å². The van der Waals surface area contributed by atoms with Crippen LogP contribution in [0.2, 0.25) is 0 Å². The van der Waals surface area contributed by atoms with Crippen LogP contribution in [0, 0.1) is 0 Å². The highest BCUT2D eigenvalue weighted by molar-refractivity contribution is 7.99. The zero-order valence-electron chi connectivity index (χ0n) is 18.1. The number of aromatic nitrogens is 2. The highest BCUT2D eigenvalue weighted by Gasteiger charge is 2.42. The summed E-state index contributed by atoms with van der Waals surface area (Å²) in [5, 5.41) is 20.4. The quantitative estimate of drug-likeness (QED) is 0.224. The van der Waals surface area contributed by atoms with Crippen molar-refractivity contribution in [2.75, 3.05) is 5.75 Å². The minimum absolute atomic E-state index is 0.0866. The predicted molar refractivity (Wildman–Crippen MR) is 123 cm³/mol. The number of carbonyl (C=O) groups excluding carboxylic acids is 1. The van der Waals surface area contributed by atoms with Crippen LogP contribution < -0.4 is 10.2 Å². The van der Waals surface area contributed by atoms with Crippen LogP contribution in [0.5, 0.6) is 11.5 Å². The van der Waals surface area contributed by atoms with Crippen LogP contribution in [0.15, 0.2) is 77.0 Å². The molecule has 0 aliphatic heterocycles. The number of rotatable bonds is 10. The maximum absolute atomic E-state index is 13.0. The summed E-state index contributed by atoms with van der Waals surface area (Å²) in [6, 6.07) is 14.7. The lowest BCUT2D eigenvalue weighted by Crippen LogP contribution is -2.52. The first-order valence-electron chi connectivity index (χ1n) is 9.99. The molecule has 11 heteroatoms. The molecule has 3 rings (SSSR count). The Morgan fingerprint density at radius 2 is 1.82 bits per heavy atom. The Balaban J connectivity index is 1.75. The van der Waals surface area contributed by atoms with Gasteiger partial charge in [0.1, 0.15) is 11.5 Å². The summed E-state index contributed by atoms with van der Waals surface area (Å²) in [5.41, 5.74) is -0.969. The van der Waals surface area contributed by atoms with Crippen molar-refractivity contribution >= 4 is 27.5 Å². The number of benzene rings is 2. The van der Waals surface area contributed by atoms with Gasteiger partial charge in [-0.3, -0.25) is 10.0 Å². The summed E-state index contributed by atoms with van der Waals surface area (Å²) in [4.78, 5) is 16.4. The minimum atomic E-state index is -4.09. The van der Waals surface area contributed by atoms with E-state index in [-0.39, 0.29) is 16.6 Å². The van der Waals surface area contributed by atoms with Crippen LogP contribution in [0.3, 0.4) is 0 Å². The summed E-state index contributed by atoms with van der Waals surface area (Å²) >= 11 is 1.28. The number of hydrogen-bond acceptors (Lipinski definition) is 8. The second-order valence-corrected chi connectivity index (χ2v) is 11.0. The first kappa shape index (κ1) is 24.8. The zero-order chi connectivity index (χ0) is 24.1. The number of para-hydroxylation sites is 1. The van der Waals surface area contributed by atoms with E-state index in [1.54, 1.807) is 43.1 Å². The number of thioether (sulfide) groups is 1. The van der Waals surface area contributed by atoms with Gasteiger partial charge in [-0.2, -0.15) is 0 Å². The Labute approximate surface area is 196 Å². The van der Waals surface area contributed by atoms with E-state index < -0.39 is 27.1 Å². The Morgan fingerprint density at radius 3 is 2.39 bits per heavy atom. The predicted octanol–water partition coefficient (Wildman–Crippen LogP) is 2.79. The first-order valence-corrected chi connectivity index (χ1v) is 12.5. The molecule has 0 aliphatic carbocycles. The topological polar surface area (TPSA) is 131 Å². The van der Waals surface area contributed by atoms with E-state index in [1.165, 1.54) is 41.5 Å². The van der Waals surface area contributed by atoms with Gasteiger partial charge in [0.25, 0.3) is 5.91 Å². The van der Waals surface area contributed by atoms with Gasteiger partial charge in [-0.1, -0.05) is 36.9 Å². The van der Waals surface area contributed by atoms with E-state index in [2.05, 4.69) is 4.98 Å². The number of carbonyl (C=O) groups is 1. The average Bonchev–Trinajstić information content (AvgIpc) is 3.17. The highest BCUT2D eigenvalue weighted by Crippen LogP contribution is 2.30. The maximum Gasteiger partial charge on any atom is 0.276 e. The molecule has 9 nitrogen and oxygen atoms in total. The van der Waals surface area contributed by atoms with Crippen LogP contribution in [-0.4, -0.2) is 50.8 Å². The molecule has 2 unspecified atom stereocenters. The lowest BCUT2D eigenvalue weighted by atomic mass is 9.99. The molecule has 0 saturated carbocycles. The number of ether oxygens (including phenoxy) is 1. The van der Waals surface area contributed by atoms with E-state index in [0.717, 1.165) is 0 Å². The maximum atomic E-state index is 13.0. The van der Waals surface area contributed by atoms with Crippen molar-refractivity contribution in [3.63, 3.8) is 0 Å². The Hall–Kier alpha value is -2.86. The van der Waals surface area contributed by atoms with Gasteiger partial charge >= 0.3 is 0 Å². The number of nitrogens with one attached hydrogen (secondary N) is 1. The number of nitrogens with zero attached hydrogens (tertiary/aromatic N) is 2. The summed E-state index contributed by atoms with van der Waals surface area (Å²) in [6.07, 6.45) is 3.12. The smallest absolute Gasteiger partial charge is 0.276 e. The van der Waals surface area contributed by atoms with E-state index in [0.29, 0.717) is 16.7 Å². The lowest BCUT2D eigenvalue weighted by molar-refractivity contribution is -0.147. The molecule has 2 atom stereocenters. The molecule has 33 heavy (non-hydrogen) atoms. The third-order valence-electron chi connectivity index (χ3n) is 4.82. The third-order valence-corrected chi connectivity index (χ3v) is 7.84. The van der Waals surface area contributed by atoms with Crippen molar-refractivity contribution in [1.29, 1.82) is 0 Å². The number of hydroxylamine groups is 1. The fraction of sp³-hybridized carbons (Fsp3) is 0.273. The first-order chi connectivity index (χ1) is 15.6. The standard InChI is InChI=1S/C22H25N3O6S2/c1-16(32-21-23-12-13-25(21)2)14-22(27,20(26)24-28)15-33(29,30)19-10-8-18(9-11-19)31-17-6-4-3-5-7-17/h3-13,16,27-28H,14-15H2,1-2H3,(H,24,26). The van der Waals surface area contributed by atoms with Crippen LogP contribution in [0.4, 0.5) is 0 Å². The molecule has 0 radical (unpaired) electrons. The van der Waals surface area contributed by atoms with Crippen LogP contribution in [0.1, 0.15) is 13.3 Å². The molecule has 1 heterocycles. The van der Waals surface area contributed by atoms with Crippen molar-refractivity contribution in [2.45, 2.75) is 34.2 Å². The van der Waals surface area contributed by atoms with Crippen molar-refractivity contribution in [1.82, 2.24) is 15.0 Å². The fourth-order valence-corrected chi connectivity index (χ4v) is 5.88. The average molecular weight is 492 g/mol. The van der Waals surface area contributed by atoms with E-state index in [4.69, 9.17) is 9.94 Å². The van der Waals surface area contributed by atoms with Gasteiger partial charge in [-0.15, -0.1) is 0 Å². The van der Waals surface area contributed by atoms with Gasteiger partial charge in [0, 0.05) is 24.7 Å². The molecule has 0 spiro atoms. The molecule has 176 valence electrons. The van der Waals surface area contributed by atoms with Gasteiger partial charge < -0.3 is 14.4 Å². The van der Waals surface area contributed by atoms with Gasteiger partial charge in [0.15, 0.2) is 20.6 Å². The summed E-state index contributed by atoms with van der Waals surface area (Å²) in [6.45, 7) is 1.73. The summed E-state index contributed by atoms with van der Waals surface area (Å²) < 4.78 is 33.4. The molecule has 3 N–H and O–H groups in total. The van der Waals surface area contributed by atoms with Crippen molar-refractivity contribution in [3.8, 4) is 11.5 Å². The normalized spacial score (nSPS) is 14.3. The molecule has 2 aromatic carbocycles. The Morgan fingerprint density at radius 1 is 1.18 bits per heavy atom. The largest absolute Gasteiger partial charge is 0.457 e. The van der Waals surface area contributed by atoms with E-state index in [1.807, 2.05) is 18.2 Å². The summed E-state index contributed by atoms with van der Waals surface area (Å²) in [5.74, 6) is -1.07. The van der Waals surface area contributed by atoms with Crippen LogP contribution in [0.25, 0.3) is 0 Å². The third kappa shape index (κ3) is 6.35.